The third kappa shape index (κ3) is 5.96. The van der Waals surface area contributed by atoms with Crippen molar-refractivity contribution in [2.75, 3.05) is 13.1 Å². The fourth-order valence-electron chi connectivity index (χ4n) is 3.16. The summed E-state index contributed by atoms with van der Waals surface area (Å²) in [5.41, 5.74) is 0.820. The van der Waals surface area contributed by atoms with Crippen molar-refractivity contribution in [2.24, 2.45) is 0 Å². The van der Waals surface area contributed by atoms with Crippen LogP contribution in [0, 0.1) is 0 Å². The van der Waals surface area contributed by atoms with Gasteiger partial charge in [-0.3, -0.25) is 0 Å². The Morgan fingerprint density at radius 2 is 1.77 bits per heavy atom. The highest BCUT2D eigenvalue weighted by Crippen LogP contribution is 2.17. The molecule has 0 aliphatic rings. The molecule has 1 N–H and O–H groups in total. The lowest BCUT2D eigenvalue weighted by Gasteiger charge is -2.22. The van der Waals surface area contributed by atoms with Crippen LogP contribution < -0.4 is 5.32 Å². The van der Waals surface area contributed by atoms with E-state index in [-0.39, 0.29) is 10.9 Å². The average Bonchev–Trinajstić information content (AvgIpc) is 3.47. The van der Waals surface area contributed by atoms with Crippen LogP contribution in [0.2, 0.25) is 0 Å². The van der Waals surface area contributed by atoms with E-state index in [2.05, 4.69) is 5.32 Å². The van der Waals surface area contributed by atoms with Crippen LogP contribution in [-0.2, 0) is 29.7 Å². The second-order valence-electron chi connectivity index (χ2n) is 6.91. The molecule has 0 saturated carbocycles. The minimum absolute atomic E-state index is 0.218. The smallest absolute Gasteiger partial charge is 0.318 e. The quantitative estimate of drug-likeness (QED) is 0.488. The van der Waals surface area contributed by atoms with Crippen LogP contribution in [0.4, 0.5) is 4.79 Å². The molecule has 7 nitrogen and oxygen atoms in total. The molecule has 0 saturated heterocycles. The van der Waals surface area contributed by atoms with Gasteiger partial charge in [-0.2, -0.15) is 4.31 Å². The van der Waals surface area contributed by atoms with Crippen molar-refractivity contribution < 1.29 is 17.6 Å². The van der Waals surface area contributed by atoms with Crippen LogP contribution in [0.15, 0.2) is 69.5 Å². The highest BCUT2D eigenvalue weighted by atomic mass is 32.2. The van der Waals surface area contributed by atoms with Gasteiger partial charge in [0.15, 0.2) is 0 Å². The Morgan fingerprint density at radius 1 is 1.03 bits per heavy atom. The number of benzene rings is 1. The van der Waals surface area contributed by atoms with E-state index in [9.17, 15) is 13.2 Å². The first kappa shape index (κ1) is 23.1. The lowest BCUT2D eigenvalue weighted by Crippen LogP contribution is -2.38. The molecule has 3 rings (SSSR count). The highest BCUT2D eigenvalue weighted by molar-refractivity contribution is 7.89. The lowest BCUT2D eigenvalue weighted by molar-refractivity contribution is 0.187. The van der Waals surface area contributed by atoms with Gasteiger partial charge in [-0.1, -0.05) is 32.0 Å². The zero-order chi connectivity index (χ0) is 22.3. The fraction of sp³-hybridized carbons (Fsp3) is 0.318. The van der Waals surface area contributed by atoms with Gasteiger partial charge in [0.2, 0.25) is 10.0 Å². The molecule has 0 radical (unpaired) electrons. The van der Waals surface area contributed by atoms with Crippen LogP contribution >= 0.6 is 11.3 Å². The minimum Gasteiger partial charge on any atom is -0.467 e. The first-order valence-corrected chi connectivity index (χ1v) is 12.4. The number of thiophene rings is 1. The van der Waals surface area contributed by atoms with E-state index in [0.717, 1.165) is 10.4 Å². The van der Waals surface area contributed by atoms with Gasteiger partial charge in [0.1, 0.15) is 5.76 Å². The zero-order valence-corrected chi connectivity index (χ0v) is 19.3. The number of sulfonamides is 1. The van der Waals surface area contributed by atoms with Gasteiger partial charge < -0.3 is 14.6 Å². The van der Waals surface area contributed by atoms with E-state index in [4.69, 9.17) is 4.42 Å². The summed E-state index contributed by atoms with van der Waals surface area (Å²) >= 11 is 1.59. The summed E-state index contributed by atoms with van der Waals surface area (Å²) in [5, 5.41) is 4.90. The normalized spacial score (nSPS) is 11.6. The molecule has 166 valence electrons. The molecule has 2 amide bonds. The van der Waals surface area contributed by atoms with Crippen molar-refractivity contribution in [1.29, 1.82) is 0 Å². The Labute approximate surface area is 187 Å². The van der Waals surface area contributed by atoms with Gasteiger partial charge in [0.05, 0.1) is 24.2 Å². The van der Waals surface area contributed by atoms with Gasteiger partial charge in [0.25, 0.3) is 0 Å². The van der Waals surface area contributed by atoms with Crippen molar-refractivity contribution in [1.82, 2.24) is 14.5 Å². The number of hydrogen-bond donors (Lipinski definition) is 1. The van der Waals surface area contributed by atoms with Gasteiger partial charge >= 0.3 is 6.03 Å². The predicted molar refractivity (Wildman–Crippen MR) is 121 cm³/mol. The molecular weight excluding hydrogens is 434 g/mol. The molecule has 31 heavy (non-hydrogen) atoms. The average molecular weight is 462 g/mol. The number of hydrogen-bond acceptors (Lipinski definition) is 5. The second-order valence-corrected chi connectivity index (χ2v) is 9.88. The van der Waals surface area contributed by atoms with Crippen molar-refractivity contribution >= 4 is 27.4 Å². The van der Waals surface area contributed by atoms with Gasteiger partial charge in [-0.15, -0.1) is 11.3 Å². The summed E-state index contributed by atoms with van der Waals surface area (Å²) in [6.07, 6.45) is 1.59. The van der Waals surface area contributed by atoms with Crippen molar-refractivity contribution in [3.8, 4) is 0 Å². The van der Waals surface area contributed by atoms with Gasteiger partial charge in [-0.25, -0.2) is 13.2 Å². The molecular formula is C22H27N3O4S2. The monoisotopic (exact) mass is 461 g/mol. The molecule has 1 aromatic carbocycles. The first-order valence-electron chi connectivity index (χ1n) is 10.1. The largest absolute Gasteiger partial charge is 0.467 e. The van der Waals surface area contributed by atoms with E-state index in [1.165, 1.54) is 4.31 Å². The maximum atomic E-state index is 12.8. The molecule has 2 aromatic heterocycles. The van der Waals surface area contributed by atoms with Crippen LogP contribution in [0.1, 0.15) is 30.0 Å². The van der Waals surface area contributed by atoms with E-state index >= 15 is 0 Å². The Bertz CT molecular complexity index is 1010. The van der Waals surface area contributed by atoms with Gasteiger partial charge in [0, 0.05) is 24.5 Å². The summed E-state index contributed by atoms with van der Waals surface area (Å²) in [4.78, 5) is 15.9. The van der Waals surface area contributed by atoms with E-state index < -0.39 is 10.0 Å². The Morgan fingerprint density at radius 3 is 2.35 bits per heavy atom. The number of urea groups is 1. The minimum atomic E-state index is -3.49. The molecule has 0 spiro atoms. The molecule has 0 atom stereocenters. The topological polar surface area (TPSA) is 82.9 Å². The fourth-order valence-corrected chi connectivity index (χ4v) is 5.34. The number of carbonyl (C=O) groups is 1. The van der Waals surface area contributed by atoms with Crippen molar-refractivity contribution in [2.45, 2.75) is 38.4 Å². The third-order valence-electron chi connectivity index (χ3n) is 4.85. The number of carbonyl (C=O) groups excluding carboxylic acids is 1. The highest BCUT2D eigenvalue weighted by Gasteiger charge is 2.21. The number of amides is 2. The maximum absolute atomic E-state index is 12.8. The number of rotatable bonds is 10. The van der Waals surface area contributed by atoms with E-state index in [1.54, 1.807) is 52.8 Å². The number of furan rings is 1. The number of nitrogens with one attached hydrogen (secondary N) is 1. The zero-order valence-electron chi connectivity index (χ0n) is 17.7. The van der Waals surface area contributed by atoms with Crippen LogP contribution in [0.5, 0.6) is 0 Å². The summed E-state index contributed by atoms with van der Waals surface area (Å²) in [7, 11) is -3.49. The van der Waals surface area contributed by atoms with Gasteiger partial charge in [-0.05, 0) is 41.3 Å². The lowest BCUT2D eigenvalue weighted by atomic mass is 10.2. The summed E-state index contributed by atoms with van der Waals surface area (Å²) in [6, 6.07) is 14.0. The molecule has 0 aliphatic heterocycles. The van der Waals surface area contributed by atoms with Crippen molar-refractivity contribution in [3.63, 3.8) is 0 Å². The molecule has 2 heterocycles. The SMILES string of the molecule is CCN(CC)S(=O)(=O)c1ccc(CNC(=O)N(Cc2ccco2)Cc2cccs2)cc1. The van der Waals surface area contributed by atoms with Crippen LogP contribution in [0.25, 0.3) is 0 Å². The van der Waals surface area contributed by atoms with Crippen LogP contribution in [-0.4, -0.2) is 36.7 Å². The molecule has 9 heteroatoms. The molecule has 3 aromatic rings. The molecule has 0 bridgehead atoms. The summed E-state index contributed by atoms with van der Waals surface area (Å²) < 4.78 is 32.0. The Balaban J connectivity index is 1.64. The molecule has 0 aliphatic carbocycles. The summed E-state index contributed by atoms with van der Waals surface area (Å²) in [6.45, 7) is 5.61. The standard InChI is InChI=1S/C22H27N3O4S2/c1-3-25(4-2)31(27,28)21-11-9-18(10-12-21)15-23-22(26)24(16-19-7-5-13-29-19)17-20-8-6-14-30-20/h5-14H,3-4,15-17H2,1-2H3,(H,23,26). The third-order valence-corrected chi connectivity index (χ3v) is 7.78. The van der Waals surface area contributed by atoms with Crippen LogP contribution in [0.3, 0.4) is 0 Å². The predicted octanol–water partition coefficient (Wildman–Crippen LogP) is 4.28. The van der Waals surface area contributed by atoms with Crippen molar-refractivity contribution in [3.05, 3.63) is 76.4 Å². The Kier molecular flexibility index (Phi) is 7.89. The maximum Gasteiger partial charge on any atom is 0.318 e. The van der Waals surface area contributed by atoms with E-state index in [0.29, 0.717) is 38.5 Å². The summed E-state index contributed by atoms with van der Waals surface area (Å²) in [5.74, 6) is 0.706. The first-order chi connectivity index (χ1) is 14.9. The van der Waals surface area contributed by atoms with E-state index in [1.807, 2.05) is 37.4 Å². The second kappa shape index (κ2) is 10.6. The molecule has 0 unspecified atom stereocenters. The molecule has 0 fully saturated rings. The number of nitrogens with zero attached hydrogens (tertiary/aromatic N) is 2. The Hall–Kier alpha value is -2.62.